The van der Waals surface area contributed by atoms with Crippen molar-refractivity contribution in [2.45, 2.75) is 19.8 Å². The Hall–Kier alpha value is -2.00. The molecule has 2 rings (SSSR count). The summed E-state index contributed by atoms with van der Waals surface area (Å²) >= 11 is 0.968. The minimum atomic E-state index is -3.40. The SMILES string of the molecule is Cc1cccc(CCC(=O)Nc2nnc(NS(C)(=O)=O)s2)c1. The Balaban J connectivity index is 1.87. The number of carbonyl (C=O) groups is 1. The van der Waals surface area contributed by atoms with Gasteiger partial charge in [-0.05, 0) is 18.9 Å². The first kappa shape index (κ1) is 16.4. The topological polar surface area (TPSA) is 101 Å². The zero-order valence-electron chi connectivity index (χ0n) is 12.2. The number of aryl methyl sites for hydroxylation is 2. The van der Waals surface area contributed by atoms with E-state index in [4.69, 9.17) is 0 Å². The van der Waals surface area contributed by atoms with Crippen LogP contribution in [0.25, 0.3) is 0 Å². The number of amides is 1. The van der Waals surface area contributed by atoms with E-state index in [1.165, 1.54) is 0 Å². The Labute approximate surface area is 132 Å². The third kappa shape index (κ3) is 5.41. The number of nitrogens with one attached hydrogen (secondary N) is 2. The van der Waals surface area contributed by atoms with E-state index in [9.17, 15) is 13.2 Å². The molecule has 118 valence electrons. The highest BCUT2D eigenvalue weighted by molar-refractivity contribution is 7.92. The van der Waals surface area contributed by atoms with Gasteiger partial charge in [0.05, 0.1) is 6.26 Å². The van der Waals surface area contributed by atoms with Crippen LogP contribution in [0.1, 0.15) is 17.5 Å². The summed E-state index contributed by atoms with van der Waals surface area (Å²) < 4.78 is 24.3. The van der Waals surface area contributed by atoms with E-state index >= 15 is 0 Å². The van der Waals surface area contributed by atoms with Crippen LogP contribution in [0.4, 0.5) is 10.3 Å². The van der Waals surface area contributed by atoms with Gasteiger partial charge in [0.15, 0.2) is 0 Å². The van der Waals surface area contributed by atoms with Crippen LogP contribution in [0, 0.1) is 6.92 Å². The summed E-state index contributed by atoms with van der Waals surface area (Å²) in [7, 11) is -3.40. The first-order valence-electron chi connectivity index (χ1n) is 6.48. The van der Waals surface area contributed by atoms with Crippen molar-refractivity contribution in [3.8, 4) is 0 Å². The molecule has 2 N–H and O–H groups in total. The second-order valence-electron chi connectivity index (χ2n) is 4.82. The molecule has 0 saturated heterocycles. The number of hydrogen-bond acceptors (Lipinski definition) is 6. The van der Waals surface area contributed by atoms with Crippen molar-refractivity contribution in [3.63, 3.8) is 0 Å². The Morgan fingerprint density at radius 2 is 2.00 bits per heavy atom. The molecule has 1 aromatic heterocycles. The van der Waals surface area contributed by atoms with Crippen molar-refractivity contribution < 1.29 is 13.2 Å². The molecule has 9 heteroatoms. The molecule has 0 bridgehead atoms. The van der Waals surface area contributed by atoms with Gasteiger partial charge in [0, 0.05) is 6.42 Å². The number of hydrogen-bond donors (Lipinski definition) is 2. The molecule has 0 saturated carbocycles. The molecule has 1 aromatic carbocycles. The molecule has 1 amide bonds. The van der Waals surface area contributed by atoms with Crippen LogP contribution in [0.15, 0.2) is 24.3 Å². The van der Waals surface area contributed by atoms with E-state index in [0.29, 0.717) is 12.8 Å². The third-order valence-electron chi connectivity index (χ3n) is 2.67. The summed E-state index contributed by atoms with van der Waals surface area (Å²) in [5.41, 5.74) is 2.24. The van der Waals surface area contributed by atoms with Crippen molar-refractivity contribution >= 4 is 37.5 Å². The Kier molecular flexibility index (Phi) is 5.09. The highest BCUT2D eigenvalue weighted by Gasteiger charge is 2.11. The smallest absolute Gasteiger partial charge is 0.231 e. The van der Waals surface area contributed by atoms with Gasteiger partial charge >= 0.3 is 0 Å². The molecule has 0 aliphatic rings. The quantitative estimate of drug-likeness (QED) is 0.835. The maximum atomic E-state index is 11.9. The van der Waals surface area contributed by atoms with E-state index in [-0.39, 0.29) is 16.2 Å². The zero-order valence-corrected chi connectivity index (χ0v) is 13.8. The fourth-order valence-electron chi connectivity index (χ4n) is 1.78. The largest absolute Gasteiger partial charge is 0.300 e. The molecule has 1 heterocycles. The van der Waals surface area contributed by atoms with Crippen LogP contribution in [-0.4, -0.2) is 30.8 Å². The van der Waals surface area contributed by atoms with Gasteiger partial charge in [-0.1, -0.05) is 41.2 Å². The lowest BCUT2D eigenvalue weighted by Gasteiger charge is -2.03. The van der Waals surface area contributed by atoms with Gasteiger partial charge in [0.2, 0.25) is 26.2 Å². The molecular weight excluding hydrogens is 324 g/mol. The lowest BCUT2D eigenvalue weighted by atomic mass is 10.1. The van der Waals surface area contributed by atoms with Crippen LogP contribution in [0.3, 0.4) is 0 Å². The Bertz CT molecular complexity index is 771. The number of benzene rings is 1. The fraction of sp³-hybridized carbons (Fsp3) is 0.308. The first-order chi connectivity index (χ1) is 10.3. The van der Waals surface area contributed by atoms with E-state index in [1.807, 2.05) is 31.2 Å². The lowest BCUT2D eigenvalue weighted by molar-refractivity contribution is -0.116. The summed E-state index contributed by atoms with van der Waals surface area (Å²) in [6.45, 7) is 2.00. The average Bonchev–Trinajstić information content (AvgIpc) is 2.81. The predicted octanol–water partition coefficient (Wildman–Crippen LogP) is 1.79. The van der Waals surface area contributed by atoms with Crippen LogP contribution >= 0.6 is 11.3 Å². The van der Waals surface area contributed by atoms with Gasteiger partial charge < -0.3 is 5.32 Å². The number of carbonyl (C=O) groups excluding carboxylic acids is 1. The molecule has 0 aliphatic heterocycles. The van der Waals surface area contributed by atoms with E-state index in [0.717, 1.165) is 28.7 Å². The molecule has 0 spiro atoms. The van der Waals surface area contributed by atoms with Crippen LogP contribution in [0.2, 0.25) is 0 Å². The fourth-order valence-corrected chi connectivity index (χ4v) is 3.27. The minimum absolute atomic E-state index is 0.122. The van der Waals surface area contributed by atoms with E-state index in [2.05, 4.69) is 20.2 Å². The molecule has 2 aromatic rings. The van der Waals surface area contributed by atoms with Gasteiger partial charge in [0.25, 0.3) is 0 Å². The number of aromatic nitrogens is 2. The normalized spacial score (nSPS) is 11.2. The number of rotatable bonds is 6. The van der Waals surface area contributed by atoms with Gasteiger partial charge in [-0.2, -0.15) is 0 Å². The maximum Gasteiger partial charge on any atom is 0.231 e. The molecule has 0 unspecified atom stereocenters. The van der Waals surface area contributed by atoms with Crippen molar-refractivity contribution in [1.82, 2.24) is 10.2 Å². The van der Waals surface area contributed by atoms with Crippen molar-refractivity contribution in [2.75, 3.05) is 16.3 Å². The van der Waals surface area contributed by atoms with Crippen LogP contribution in [-0.2, 0) is 21.2 Å². The monoisotopic (exact) mass is 340 g/mol. The van der Waals surface area contributed by atoms with E-state index in [1.54, 1.807) is 0 Å². The number of nitrogens with zero attached hydrogens (tertiary/aromatic N) is 2. The Morgan fingerprint density at radius 1 is 1.27 bits per heavy atom. The summed E-state index contributed by atoms with van der Waals surface area (Å²) in [5.74, 6) is -0.191. The highest BCUT2D eigenvalue weighted by Crippen LogP contribution is 2.20. The summed E-state index contributed by atoms with van der Waals surface area (Å²) in [6.07, 6.45) is 1.97. The standard InChI is InChI=1S/C13H16N4O3S2/c1-9-4-3-5-10(8-9)6-7-11(18)14-12-15-16-13(21-12)17-22(2,19)20/h3-5,8H,6-7H2,1-2H3,(H,16,17)(H,14,15,18). The number of sulfonamides is 1. The predicted molar refractivity (Wildman–Crippen MR) is 86.5 cm³/mol. The van der Waals surface area contributed by atoms with Gasteiger partial charge in [-0.3, -0.25) is 9.52 Å². The molecule has 0 atom stereocenters. The molecule has 0 radical (unpaired) electrons. The summed E-state index contributed by atoms with van der Waals surface area (Å²) in [4.78, 5) is 11.9. The van der Waals surface area contributed by atoms with Gasteiger partial charge in [-0.25, -0.2) is 8.42 Å². The zero-order chi connectivity index (χ0) is 16.2. The summed E-state index contributed by atoms with van der Waals surface area (Å²) in [5, 5.41) is 10.4. The molecule has 7 nitrogen and oxygen atoms in total. The van der Waals surface area contributed by atoms with Crippen LogP contribution < -0.4 is 10.0 Å². The van der Waals surface area contributed by atoms with Gasteiger partial charge in [0.1, 0.15) is 0 Å². The molecule has 0 aliphatic carbocycles. The summed E-state index contributed by atoms with van der Waals surface area (Å²) in [6, 6.07) is 7.96. The Morgan fingerprint density at radius 3 is 2.68 bits per heavy atom. The van der Waals surface area contributed by atoms with Crippen molar-refractivity contribution in [1.29, 1.82) is 0 Å². The minimum Gasteiger partial charge on any atom is -0.300 e. The number of anilines is 2. The van der Waals surface area contributed by atoms with Crippen LogP contribution in [0.5, 0.6) is 0 Å². The average molecular weight is 340 g/mol. The second kappa shape index (κ2) is 6.84. The van der Waals surface area contributed by atoms with Crippen molar-refractivity contribution in [2.24, 2.45) is 0 Å². The lowest BCUT2D eigenvalue weighted by Crippen LogP contribution is -2.12. The highest BCUT2D eigenvalue weighted by atomic mass is 32.2. The van der Waals surface area contributed by atoms with Gasteiger partial charge in [-0.15, -0.1) is 10.2 Å². The molecular formula is C13H16N4O3S2. The molecule has 22 heavy (non-hydrogen) atoms. The molecule has 0 fully saturated rings. The maximum absolute atomic E-state index is 11.9. The van der Waals surface area contributed by atoms with Crippen molar-refractivity contribution in [3.05, 3.63) is 35.4 Å². The third-order valence-corrected chi connectivity index (χ3v) is 4.11. The first-order valence-corrected chi connectivity index (χ1v) is 9.19. The second-order valence-corrected chi connectivity index (χ2v) is 7.55. The van der Waals surface area contributed by atoms with E-state index < -0.39 is 10.0 Å².